The van der Waals surface area contributed by atoms with Crippen molar-refractivity contribution in [3.8, 4) is 0 Å². The Labute approximate surface area is 55.9 Å². The van der Waals surface area contributed by atoms with Crippen LogP contribution in [0.15, 0.2) is 0 Å². The van der Waals surface area contributed by atoms with Crippen molar-refractivity contribution in [1.82, 2.24) is 0 Å². The summed E-state index contributed by atoms with van der Waals surface area (Å²) < 4.78 is 0. The summed E-state index contributed by atoms with van der Waals surface area (Å²) >= 11 is 3.53. The Morgan fingerprint density at radius 3 is 1.20 bits per heavy atom. The molecule has 0 radical (unpaired) electrons. The minimum absolute atomic E-state index is 0. The van der Waals surface area contributed by atoms with E-state index >= 15 is 0 Å². The van der Waals surface area contributed by atoms with E-state index < -0.39 is 0 Å². The maximum atomic E-state index is 3.53. The molecule has 0 aromatic rings. The van der Waals surface area contributed by atoms with Crippen molar-refractivity contribution < 1.29 is 0 Å². The molecule has 0 fully saturated rings. The molecule has 0 rings (SSSR count). The van der Waals surface area contributed by atoms with Crippen LogP contribution in [0.3, 0.4) is 0 Å². The van der Waals surface area contributed by atoms with Crippen LogP contribution >= 0.6 is 12.6 Å². The molecule has 0 unspecified atom stereocenters. The van der Waals surface area contributed by atoms with Gasteiger partial charge >= 0.3 is 23.1 Å². The first-order chi connectivity index (χ1) is 2.00. The normalized spacial score (nSPS) is 2.40. The molecule has 0 bridgehead atoms. The van der Waals surface area contributed by atoms with Gasteiger partial charge in [-0.3, -0.25) is 0 Å². The van der Waals surface area contributed by atoms with Crippen molar-refractivity contribution in [2.75, 3.05) is 6.26 Å². The van der Waals surface area contributed by atoms with Crippen molar-refractivity contribution in [1.29, 1.82) is 0 Å². The van der Waals surface area contributed by atoms with Gasteiger partial charge < -0.3 is 6.92 Å². The Bertz CT molecular complexity index is 6.85. The topological polar surface area (TPSA) is 0 Å². The Kier molecular flexibility index (Phi) is 229. The van der Waals surface area contributed by atoms with E-state index in [2.05, 4.69) is 19.6 Å². The molecule has 2 heteroatoms. The number of thiol groups is 1. The van der Waals surface area contributed by atoms with Gasteiger partial charge in [-0.05, 0) is 6.26 Å². The Morgan fingerprint density at radius 2 is 1.20 bits per heavy atom. The third-order valence-electron chi connectivity index (χ3n) is 0. The van der Waals surface area contributed by atoms with Gasteiger partial charge in [0.1, 0.15) is 0 Å². The van der Waals surface area contributed by atoms with E-state index in [0.29, 0.717) is 0 Å². The number of hydrogen-bond acceptors (Lipinski definition) is 1. The first-order valence-electron chi connectivity index (χ1n) is 1.15. The predicted molar refractivity (Wildman–Crippen MR) is 31.7 cm³/mol. The smallest absolute Gasteiger partial charge is 0.346 e. The second kappa shape index (κ2) is 69.6. The minimum Gasteiger partial charge on any atom is -0.346 e. The van der Waals surface area contributed by atoms with Gasteiger partial charge in [0.2, 0.25) is 0 Å². The molecule has 0 aliphatic heterocycles. The zero-order chi connectivity index (χ0) is 4.00. The molecule has 0 aromatic carbocycles. The fourth-order valence-electron chi connectivity index (χ4n) is 0. The average molecular weight is 101 g/mol. The molecule has 0 spiro atoms. The molecular formula is C3H9MgS+. The third kappa shape index (κ3) is 39.9. The van der Waals surface area contributed by atoms with E-state index in [1.165, 1.54) is 0 Å². The van der Waals surface area contributed by atoms with Crippen LogP contribution in [0.1, 0.15) is 6.92 Å². The molecule has 0 aliphatic carbocycles. The summed E-state index contributed by atoms with van der Waals surface area (Å²) in [5, 5.41) is 0. The molecular weight excluding hydrogens is 92.4 g/mol. The molecule has 5 heavy (non-hydrogen) atoms. The van der Waals surface area contributed by atoms with E-state index in [1.54, 1.807) is 13.2 Å². The van der Waals surface area contributed by atoms with Gasteiger partial charge in [-0.15, -0.1) is 0 Å². The first kappa shape index (κ1) is 16.5. The van der Waals surface area contributed by atoms with Gasteiger partial charge in [0, 0.05) is 0 Å². The maximum absolute atomic E-state index is 3.53. The Balaban J connectivity index is -0.0000000133. The van der Waals surface area contributed by atoms with Crippen LogP contribution in [0.25, 0.3) is 0 Å². The zero-order valence-corrected chi connectivity index (χ0v) is 6.17. The summed E-state index contributed by atoms with van der Waals surface area (Å²) in [6.07, 6.45) is 1.69. The molecule has 0 heterocycles. The molecule has 0 aromatic heterocycles. The zero-order valence-electron chi connectivity index (χ0n) is 3.86. The van der Waals surface area contributed by atoms with Gasteiger partial charge in [-0.1, -0.05) is 0 Å². The average Bonchev–Trinajstić information content (AvgIpc) is 1.50. The van der Waals surface area contributed by atoms with Gasteiger partial charge in [-0.25, -0.2) is 0 Å². The van der Waals surface area contributed by atoms with E-state index in [0.717, 1.165) is 0 Å². The first-order valence-corrected chi connectivity index (χ1v) is 2.05. The fraction of sp³-hybridized carbons (Fsp3) is 0.667. The standard InChI is InChI=1S/C2H5.CH4S.Mg/c2*1-2;/h1H2,2H3;2H,1H3;/q-1;;+2. The third-order valence-corrected chi connectivity index (χ3v) is 0. The van der Waals surface area contributed by atoms with Crippen molar-refractivity contribution in [3.63, 3.8) is 0 Å². The molecule has 0 saturated carbocycles. The van der Waals surface area contributed by atoms with Crippen LogP contribution in [0, 0.1) is 6.92 Å². The molecule has 28 valence electrons. The van der Waals surface area contributed by atoms with Crippen molar-refractivity contribution >= 4 is 35.7 Å². The molecule has 0 N–H and O–H groups in total. The molecule has 0 aliphatic rings. The van der Waals surface area contributed by atoms with Crippen molar-refractivity contribution in [2.24, 2.45) is 0 Å². The van der Waals surface area contributed by atoms with Gasteiger partial charge in [-0.2, -0.15) is 19.6 Å². The van der Waals surface area contributed by atoms with Crippen LogP contribution in [-0.2, 0) is 0 Å². The summed E-state index contributed by atoms with van der Waals surface area (Å²) in [6, 6.07) is 0. The summed E-state index contributed by atoms with van der Waals surface area (Å²) in [5.74, 6) is 0. The Morgan fingerprint density at radius 1 is 1.20 bits per heavy atom. The van der Waals surface area contributed by atoms with Crippen LogP contribution in [0.2, 0.25) is 0 Å². The second-order valence-corrected chi connectivity index (χ2v) is 0. The minimum atomic E-state index is 0. The second-order valence-electron chi connectivity index (χ2n) is 0. The SMILES string of the molecule is CS.[CH2-]C.[Mg+2]. The fourth-order valence-corrected chi connectivity index (χ4v) is 0. The van der Waals surface area contributed by atoms with Crippen LogP contribution in [-0.4, -0.2) is 29.3 Å². The summed E-state index contributed by atoms with van der Waals surface area (Å²) in [7, 11) is 0. The summed E-state index contributed by atoms with van der Waals surface area (Å²) in [4.78, 5) is 0. The maximum Gasteiger partial charge on any atom is 2.00 e. The monoisotopic (exact) mass is 101 g/mol. The number of rotatable bonds is 0. The van der Waals surface area contributed by atoms with Gasteiger partial charge in [0.05, 0.1) is 0 Å². The van der Waals surface area contributed by atoms with Crippen molar-refractivity contribution in [2.45, 2.75) is 6.92 Å². The van der Waals surface area contributed by atoms with Gasteiger partial charge in [0.15, 0.2) is 0 Å². The largest absolute Gasteiger partial charge is 2.00 e. The summed E-state index contributed by atoms with van der Waals surface area (Å²) in [5.41, 5.74) is 0. The molecule has 0 saturated heterocycles. The van der Waals surface area contributed by atoms with E-state index in [-0.39, 0.29) is 23.1 Å². The van der Waals surface area contributed by atoms with Crippen molar-refractivity contribution in [3.05, 3.63) is 6.92 Å². The molecule has 0 nitrogen and oxygen atoms in total. The molecule has 0 atom stereocenters. The van der Waals surface area contributed by atoms with E-state index in [9.17, 15) is 0 Å². The number of hydrogen-bond donors (Lipinski definition) is 1. The predicted octanol–water partition coefficient (Wildman–Crippen LogP) is 1.01. The van der Waals surface area contributed by atoms with E-state index in [4.69, 9.17) is 0 Å². The van der Waals surface area contributed by atoms with E-state index in [1.807, 2.05) is 0 Å². The quantitative estimate of drug-likeness (QED) is 0.263. The molecule has 0 amide bonds. The van der Waals surface area contributed by atoms with Gasteiger partial charge in [0.25, 0.3) is 0 Å². The van der Waals surface area contributed by atoms with Crippen LogP contribution in [0.4, 0.5) is 0 Å². The van der Waals surface area contributed by atoms with Crippen LogP contribution in [0.5, 0.6) is 0 Å². The van der Waals surface area contributed by atoms with Crippen LogP contribution < -0.4 is 0 Å². The summed E-state index contributed by atoms with van der Waals surface area (Å²) in [6.45, 7) is 5.00. The Hall–Kier alpha value is 1.12.